The topological polar surface area (TPSA) is 95.0 Å². The Balaban J connectivity index is 1.37. The van der Waals surface area contributed by atoms with Crippen LogP contribution < -0.4 is 9.80 Å². The van der Waals surface area contributed by atoms with Gasteiger partial charge in [0.1, 0.15) is 11.4 Å². The fraction of sp³-hybridized carbons (Fsp3) is 0.222. The van der Waals surface area contributed by atoms with E-state index in [0.717, 1.165) is 4.90 Å². The number of amides is 4. The fourth-order valence-corrected chi connectivity index (χ4v) is 9.50. The number of rotatable bonds is 3. The maximum atomic E-state index is 15.3. The smallest absolute Gasteiger partial charge is 0.258 e. The molecule has 0 unspecified atom stereocenters. The minimum Gasteiger partial charge on any atom is -0.508 e. The van der Waals surface area contributed by atoms with Crippen LogP contribution in [0, 0.1) is 46.8 Å². The van der Waals surface area contributed by atoms with Crippen molar-refractivity contribution in [2.24, 2.45) is 17.8 Å². The molecule has 1 saturated carbocycles. The third kappa shape index (κ3) is 4.28. The summed E-state index contributed by atoms with van der Waals surface area (Å²) in [6.45, 7) is 0. The summed E-state index contributed by atoms with van der Waals surface area (Å²) < 4.78 is 74.4. The molecule has 6 atom stereocenters. The first kappa shape index (κ1) is 33.8. The number of hydrogen-bond acceptors (Lipinski definition) is 5. The minimum absolute atomic E-state index is 0.0375. The largest absolute Gasteiger partial charge is 0.508 e. The van der Waals surface area contributed by atoms with Crippen molar-refractivity contribution in [3.05, 3.63) is 111 Å². The number of alkyl halides is 2. The van der Waals surface area contributed by atoms with Crippen molar-refractivity contribution in [1.29, 1.82) is 0 Å². The number of benzene rings is 4. The molecule has 4 aromatic carbocycles. The maximum absolute atomic E-state index is 15.3. The predicted octanol–water partition coefficient (Wildman–Crippen LogP) is 7.77. The lowest BCUT2D eigenvalue weighted by Crippen LogP contribution is -2.60. The molecular formula is C36H20BrCl2F5N2O5. The van der Waals surface area contributed by atoms with E-state index >= 15 is 8.78 Å². The van der Waals surface area contributed by atoms with E-state index in [1.807, 2.05) is 0 Å². The molecule has 260 valence electrons. The lowest BCUT2D eigenvalue weighted by molar-refractivity contribution is -0.125. The van der Waals surface area contributed by atoms with Crippen LogP contribution in [0.3, 0.4) is 0 Å². The number of phenolic OH excluding ortho intramolecular Hbond substituents is 1. The van der Waals surface area contributed by atoms with Crippen molar-refractivity contribution >= 4 is 84.9 Å². The van der Waals surface area contributed by atoms with E-state index in [9.17, 15) is 37.5 Å². The first-order valence-corrected chi connectivity index (χ1v) is 17.0. The zero-order valence-electron chi connectivity index (χ0n) is 25.6. The number of halogens is 8. The molecule has 0 radical (unpaired) electrons. The minimum atomic E-state index is -2.76. The first-order valence-electron chi connectivity index (χ1n) is 15.5. The van der Waals surface area contributed by atoms with Crippen LogP contribution >= 0.6 is 39.1 Å². The Morgan fingerprint density at radius 1 is 0.745 bits per heavy atom. The molecule has 8 rings (SSSR count). The molecule has 2 heterocycles. The molecule has 4 amide bonds. The molecule has 1 N–H and O–H groups in total. The summed E-state index contributed by atoms with van der Waals surface area (Å²) in [6, 6.07) is 15.8. The van der Waals surface area contributed by atoms with E-state index in [-0.39, 0.29) is 28.1 Å². The van der Waals surface area contributed by atoms with E-state index in [1.165, 1.54) is 6.07 Å². The predicted molar refractivity (Wildman–Crippen MR) is 179 cm³/mol. The van der Waals surface area contributed by atoms with Crippen LogP contribution in [0.15, 0.2) is 76.8 Å². The van der Waals surface area contributed by atoms with Crippen LogP contribution in [-0.4, -0.2) is 38.5 Å². The lowest BCUT2D eigenvalue weighted by atomic mass is 9.56. The molecule has 51 heavy (non-hydrogen) atoms. The van der Waals surface area contributed by atoms with Crippen LogP contribution in [0.25, 0.3) is 10.8 Å². The van der Waals surface area contributed by atoms with Crippen LogP contribution in [0.4, 0.5) is 33.3 Å². The molecule has 2 aliphatic heterocycles. The third-order valence-corrected chi connectivity index (χ3v) is 12.5. The Morgan fingerprint density at radius 2 is 1.37 bits per heavy atom. The number of nitrogens with zero attached hydrogens (tertiary/aromatic N) is 2. The number of aromatic hydroxyl groups is 1. The highest BCUT2D eigenvalue weighted by Crippen LogP contribution is 2.67. The quantitative estimate of drug-likeness (QED) is 0.0571. The highest BCUT2D eigenvalue weighted by atomic mass is 79.9. The van der Waals surface area contributed by atoms with Gasteiger partial charge in [-0.15, -0.1) is 23.2 Å². The Labute approximate surface area is 303 Å². The van der Waals surface area contributed by atoms with Gasteiger partial charge in [0.05, 0.1) is 17.5 Å². The van der Waals surface area contributed by atoms with Crippen LogP contribution in [0.2, 0.25) is 0 Å². The summed E-state index contributed by atoms with van der Waals surface area (Å²) in [5.41, 5.74) is -1.42. The van der Waals surface area contributed by atoms with E-state index in [4.69, 9.17) is 23.2 Å². The summed E-state index contributed by atoms with van der Waals surface area (Å²) in [5.74, 6) is -22.0. The summed E-state index contributed by atoms with van der Waals surface area (Å²) in [4.78, 5) is 52.4. The van der Waals surface area contributed by atoms with Gasteiger partial charge in [0.25, 0.3) is 11.8 Å². The number of hydrogen-bond donors (Lipinski definition) is 1. The second-order valence-corrected chi connectivity index (χ2v) is 15.1. The molecular weight excluding hydrogens is 786 g/mol. The normalized spacial score (nSPS) is 28.7. The summed E-state index contributed by atoms with van der Waals surface area (Å²) >= 11 is 17.8. The van der Waals surface area contributed by atoms with E-state index in [1.54, 1.807) is 60.7 Å². The standard InChI is InChI=1S/C36H20BrCl2F5N2O5/c37-15-6-8-16(9-7-15)45-31(48)19-11-10-18-20(22(19)32(45)49)13-35(38)33(50)46(30-28(43)26(41)25(40)27(42)29(30)44)34(51)36(35,39)24(18)23-17-4-2-1-3-14(17)5-12-21(23)47/h1-10,12,19-20,22,24,47H,11,13H2/t19-,20+,22-,24+,35+,36-/m0/s1. The highest BCUT2D eigenvalue weighted by molar-refractivity contribution is 9.10. The molecule has 15 heteroatoms. The number of carbonyl (C=O) groups is 4. The average molecular weight is 806 g/mol. The van der Waals surface area contributed by atoms with Gasteiger partial charge in [-0.05, 0) is 59.9 Å². The molecule has 2 saturated heterocycles. The van der Waals surface area contributed by atoms with Crippen LogP contribution in [-0.2, 0) is 19.2 Å². The molecule has 2 aliphatic carbocycles. The summed E-state index contributed by atoms with van der Waals surface area (Å²) in [6.07, 6.45) is 0.881. The van der Waals surface area contributed by atoms with Gasteiger partial charge >= 0.3 is 0 Å². The zero-order valence-corrected chi connectivity index (χ0v) is 28.7. The van der Waals surface area contributed by atoms with Crippen molar-refractivity contribution < 1.29 is 46.2 Å². The number of imide groups is 2. The molecule has 0 bridgehead atoms. The van der Waals surface area contributed by atoms with Crippen LogP contribution in [0.1, 0.15) is 24.3 Å². The van der Waals surface area contributed by atoms with Gasteiger partial charge in [0.15, 0.2) is 33.0 Å². The molecule has 3 fully saturated rings. The molecule has 0 spiro atoms. The molecule has 0 aromatic heterocycles. The summed E-state index contributed by atoms with van der Waals surface area (Å²) in [5, 5.41) is 12.3. The average Bonchev–Trinajstić information content (AvgIpc) is 3.45. The van der Waals surface area contributed by atoms with Gasteiger partial charge in [-0.25, -0.2) is 26.9 Å². The number of allylic oxidation sites excluding steroid dienone is 2. The highest BCUT2D eigenvalue weighted by Gasteiger charge is 2.77. The van der Waals surface area contributed by atoms with E-state index in [0.29, 0.717) is 15.2 Å². The summed E-state index contributed by atoms with van der Waals surface area (Å²) in [7, 11) is 0. The van der Waals surface area contributed by atoms with Gasteiger partial charge in [-0.1, -0.05) is 57.9 Å². The van der Waals surface area contributed by atoms with Crippen molar-refractivity contribution in [1.82, 2.24) is 0 Å². The molecule has 7 nitrogen and oxygen atoms in total. The van der Waals surface area contributed by atoms with Crippen molar-refractivity contribution in [2.45, 2.75) is 28.5 Å². The maximum Gasteiger partial charge on any atom is 0.258 e. The Kier molecular flexibility index (Phi) is 7.51. The first-order chi connectivity index (χ1) is 24.1. The van der Waals surface area contributed by atoms with Crippen LogP contribution in [0.5, 0.6) is 5.75 Å². The number of fused-ring (bicyclic) bond motifs is 5. The Morgan fingerprint density at radius 3 is 2.04 bits per heavy atom. The van der Waals surface area contributed by atoms with E-state index < -0.39 is 104 Å². The fourth-order valence-electron chi connectivity index (χ4n) is 8.32. The molecule has 4 aromatic rings. The van der Waals surface area contributed by atoms with Crippen molar-refractivity contribution in [3.8, 4) is 5.75 Å². The zero-order chi connectivity index (χ0) is 36.5. The molecule has 4 aliphatic rings. The van der Waals surface area contributed by atoms with Gasteiger partial charge in [-0.3, -0.25) is 24.1 Å². The van der Waals surface area contributed by atoms with Gasteiger partial charge in [-0.2, -0.15) is 0 Å². The monoisotopic (exact) mass is 804 g/mol. The Hall–Kier alpha value is -4.33. The number of carbonyl (C=O) groups excluding carboxylic acids is 4. The SMILES string of the molecule is O=C1[C@H]2[C@H](CC=C3[C@H]2C[C@@]2(Cl)C(=O)N(c4c(F)c(F)c(F)c(F)c4F)C(=O)[C@@]2(Cl)[C@H]3c2c(O)ccc3ccccc23)C(=O)N1c1ccc(Br)cc1. The lowest BCUT2D eigenvalue weighted by Gasteiger charge is -2.51. The van der Waals surface area contributed by atoms with E-state index in [2.05, 4.69) is 15.9 Å². The van der Waals surface area contributed by atoms with Crippen molar-refractivity contribution in [3.63, 3.8) is 0 Å². The van der Waals surface area contributed by atoms with Gasteiger partial charge in [0.2, 0.25) is 17.6 Å². The van der Waals surface area contributed by atoms with Gasteiger partial charge < -0.3 is 5.11 Å². The van der Waals surface area contributed by atoms with Gasteiger partial charge in [0, 0.05) is 16.0 Å². The third-order valence-electron chi connectivity index (χ3n) is 10.5. The number of anilines is 2. The number of phenols is 1. The Bertz CT molecular complexity index is 2300. The van der Waals surface area contributed by atoms with Crippen molar-refractivity contribution in [2.75, 3.05) is 9.80 Å². The second kappa shape index (κ2) is 11.3. The second-order valence-electron chi connectivity index (χ2n) is 12.9.